The molecule has 122 valence electrons. The highest BCUT2D eigenvalue weighted by molar-refractivity contribution is 9.11. The molecule has 0 radical (unpaired) electrons. The van der Waals surface area contributed by atoms with Gasteiger partial charge < -0.3 is 10.1 Å². The minimum absolute atomic E-state index is 0.0144. The summed E-state index contributed by atoms with van der Waals surface area (Å²) in [6, 6.07) is 8.32. The number of benzene rings is 2. The number of phenols is 1. The summed E-state index contributed by atoms with van der Waals surface area (Å²) in [5, 5.41) is 14.3. The SMILES string of the molecule is O=c1[nH]c2ccccc2c(=O)n1N=Cc1c(Br)cc(Br)c(O)c1Br. The number of nitrogens with zero attached hydrogens (tertiary/aromatic N) is 2. The summed E-state index contributed by atoms with van der Waals surface area (Å²) in [4.78, 5) is 27.1. The number of aromatic amines is 1. The molecule has 24 heavy (non-hydrogen) atoms. The quantitative estimate of drug-likeness (QED) is 0.510. The summed E-state index contributed by atoms with van der Waals surface area (Å²) >= 11 is 9.82. The summed E-state index contributed by atoms with van der Waals surface area (Å²) in [6.07, 6.45) is 1.31. The van der Waals surface area contributed by atoms with Crippen LogP contribution in [0.15, 0.2) is 58.4 Å². The van der Waals surface area contributed by atoms with Gasteiger partial charge in [0.15, 0.2) is 0 Å². The number of rotatable bonds is 2. The van der Waals surface area contributed by atoms with Crippen molar-refractivity contribution >= 4 is 64.9 Å². The Kier molecular flexibility index (Phi) is 4.75. The monoisotopic (exact) mass is 515 g/mol. The molecule has 0 aliphatic rings. The Bertz CT molecular complexity index is 1100. The third-order valence-corrected chi connectivity index (χ3v) is 5.33. The van der Waals surface area contributed by atoms with Crippen LogP contribution in [0.3, 0.4) is 0 Å². The first-order valence-electron chi connectivity index (χ1n) is 6.55. The number of halogens is 3. The van der Waals surface area contributed by atoms with Gasteiger partial charge in [0.25, 0.3) is 5.56 Å². The molecule has 1 heterocycles. The van der Waals surface area contributed by atoms with Crippen LogP contribution < -0.4 is 11.2 Å². The van der Waals surface area contributed by atoms with Gasteiger partial charge in [-0.1, -0.05) is 28.1 Å². The molecule has 9 heteroatoms. The Hall–Kier alpha value is -1.71. The smallest absolute Gasteiger partial charge is 0.349 e. The number of H-pyrrole nitrogens is 1. The molecule has 1 aromatic heterocycles. The van der Waals surface area contributed by atoms with Gasteiger partial charge in [-0.25, -0.2) is 4.79 Å². The van der Waals surface area contributed by atoms with Crippen LogP contribution in [0, 0.1) is 0 Å². The fourth-order valence-electron chi connectivity index (χ4n) is 2.09. The Balaban J connectivity index is 2.18. The van der Waals surface area contributed by atoms with Gasteiger partial charge >= 0.3 is 5.69 Å². The molecule has 0 atom stereocenters. The predicted octanol–water partition coefficient (Wildman–Crippen LogP) is 3.57. The average Bonchev–Trinajstić information content (AvgIpc) is 2.55. The van der Waals surface area contributed by atoms with Crippen LogP contribution >= 0.6 is 47.8 Å². The fourth-order valence-corrected chi connectivity index (χ4v) is 4.41. The van der Waals surface area contributed by atoms with Crippen molar-refractivity contribution in [1.29, 1.82) is 0 Å². The summed E-state index contributed by atoms with van der Waals surface area (Å²) in [5.74, 6) is -0.0144. The van der Waals surface area contributed by atoms with Crippen molar-refractivity contribution in [2.45, 2.75) is 0 Å². The zero-order valence-corrected chi connectivity index (χ0v) is 16.5. The van der Waals surface area contributed by atoms with E-state index in [-0.39, 0.29) is 5.75 Å². The first-order chi connectivity index (χ1) is 11.4. The van der Waals surface area contributed by atoms with Crippen molar-refractivity contribution in [2.75, 3.05) is 0 Å². The van der Waals surface area contributed by atoms with E-state index in [0.29, 0.717) is 29.9 Å². The zero-order valence-electron chi connectivity index (χ0n) is 11.8. The topological polar surface area (TPSA) is 87.5 Å². The van der Waals surface area contributed by atoms with E-state index in [1.165, 1.54) is 6.21 Å². The first-order valence-corrected chi connectivity index (χ1v) is 8.93. The second-order valence-electron chi connectivity index (χ2n) is 4.75. The van der Waals surface area contributed by atoms with Crippen LogP contribution in [0.2, 0.25) is 0 Å². The van der Waals surface area contributed by atoms with Crippen LogP contribution in [-0.2, 0) is 0 Å². The molecule has 0 saturated carbocycles. The maximum absolute atomic E-state index is 12.4. The van der Waals surface area contributed by atoms with Gasteiger partial charge in [-0.3, -0.25) is 4.79 Å². The molecule has 3 rings (SSSR count). The summed E-state index contributed by atoms with van der Waals surface area (Å²) < 4.78 is 2.21. The molecule has 2 aromatic carbocycles. The molecule has 0 aliphatic carbocycles. The third kappa shape index (κ3) is 2.99. The normalized spacial score (nSPS) is 11.5. The van der Waals surface area contributed by atoms with Crippen LogP contribution in [0.4, 0.5) is 0 Å². The molecule has 0 spiro atoms. The summed E-state index contributed by atoms with van der Waals surface area (Å²) in [7, 11) is 0. The van der Waals surface area contributed by atoms with Crippen LogP contribution in [0.1, 0.15) is 5.56 Å². The largest absolute Gasteiger partial charge is 0.506 e. The van der Waals surface area contributed by atoms with Crippen molar-refractivity contribution in [3.05, 3.63) is 70.2 Å². The number of hydrogen-bond acceptors (Lipinski definition) is 4. The summed E-state index contributed by atoms with van der Waals surface area (Å²) in [6.45, 7) is 0. The van der Waals surface area contributed by atoms with Crippen LogP contribution in [0.5, 0.6) is 5.75 Å². The second kappa shape index (κ2) is 6.66. The highest BCUT2D eigenvalue weighted by Gasteiger charge is 2.12. The van der Waals surface area contributed by atoms with E-state index in [2.05, 4.69) is 57.9 Å². The highest BCUT2D eigenvalue weighted by atomic mass is 79.9. The molecule has 0 amide bonds. The number of aromatic nitrogens is 2. The molecule has 3 aromatic rings. The molecule has 0 bridgehead atoms. The van der Waals surface area contributed by atoms with E-state index in [9.17, 15) is 14.7 Å². The van der Waals surface area contributed by atoms with Crippen LogP contribution in [-0.4, -0.2) is 21.0 Å². The number of para-hydroxylation sites is 1. The Labute approximate surface area is 160 Å². The lowest BCUT2D eigenvalue weighted by molar-refractivity contribution is 0.468. The van der Waals surface area contributed by atoms with E-state index in [0.717, 1.165) is 4.68 Å². The lowest BCUT2D eigenvalue weighted by Gasteiger charge is -2.07. The Morgan fingerprint density at radius 1 is 1.12 bits per heavy atom. The lowest BCUT2D eigenvalue weighted by atomic mass is 10.2. The number of hydrogen-bond donors (Lipinski definition) is 2. The van der Waals surface area contributed by atoms with E-state index in [1.54, 1.807) is 30.3 Å². The first kappa shape index (κ1) is 17.1. The van der Waals surface area contributed by atoms with Crippen molar-refractivity contribution in [1.82, 2.24) is 9.66 Å². The zero-order chi connectivity index (χ0) is 17.4. The number of nitrogens with one attached hydrogen (secondary N) is 1. The average molecular weight is 518 g/mol. The molecule has 0 fully saturated rings. The Morgan fingerprint density at radius 2 is 1.83 bits per heavy atom. The van der Waals surface area contributed by atoms with E-state index < -0.39 is 11.2 Å². The van der Waals surface area contributed by atoms with Crippen LogP contribution in [0.25, 0.3) is 10.9 Å². The molecule has 0 saturated heterocycles. The van der Waals surface area contributed by atoms with Crippen molar-refractivity contribution < 1.29 is 5.11 Å². The molecular weight excluding hydrogens is 510 g/mol. The number of phenolic OH excluding ortho intramolecular Hbond substituents is 1. The molecule has 6 nitrogen and oxygen atoms in total. The van der Waals surface area contributed by atoms with Gasteiger partial charge in [0.05, 0.1) is 26.1 Å². The molecule has 2 N–H and O–H groups in total. The van der Waals surface area contributed by atoms with Crippen molar-refractivity contribution in [3.8, 4) is 5.75 Å². The standard InChI is InChI=1S/C15H8Br3N3O3/c16-9-5-10(17)13(22)12(18)8(9)6-19-21-14(23)7-3-1-2-4-11(7)20-15(21)24/h1-6,22H,(H,20,24). The molecule has 0 aliphatic heterocycles. The van der Waals surface area contributed by atoms with E-state index >= 15 is 0 Å². The van der Waals surface area contributed by atoms with Crippen molar-refractivity contribution in [3.63, 3.8) is 0 Å². The highest BCUT2D eigenvalue weighted by Crippen LogP contribution is 2.38. The predicted molar refractivity (Wildman–Crippen MR) is 103 cm³/mol. The molecular formula is C15H8Br3N3O3. The van der Waals surface area contributed by atoms with Crippen molar-refractivity contribution in [2.24, 2.45) is 5.10 Å². The van der Waals surface area contributed by atoms with Gasteiger partial charge in [-0.15, -0.1) is 4.68 Å². The van der Waals surface area contributed by atoms with Gasteiger partial charge in [-0.2, -0.15) is 5.10 Å². The van der Waals surface area contributed by atoms with Gasteiger partial charge in [0, 0.05) is 10.0 Å². The minimum atomic E-state index is -0.650. The van der Waals surface area contributed by atoms with Gasteiger partial charge in [-0.05, 0) is 50.1 Å². The number of aromatic hydroxyl groups is 1. The lowest BCUT2D eigenvalue weighted by Crippen LogP contribution is -2.32. The van der Waals surface area contributed by atoms with E-state index in [4.69, 9.17) is 0 Å². The fraction of sp³-hybridized carbons (Fsp3) is 0. The van der Waals surface area contributed by atoms with Gasteiger partial charge in [0.2, 0.25) is 0 Å². The molecule has 0 unspecified atom stereocenters. The Morgan fingerprint density at radius 3 is 2.58 bits per heavy atom. The third-order valence-electron chi connectivity index (χ3n) is 3.27. The summed E-state index contributed by atoms with van der Waals surface area (Å²) in [5.41, 5.74) is -0.250. The maximum Gasteiger partial charge on any atom is 0.349 e. The maximum atomic E-state index is 12.4. The number of fused-ring (bicyclic) bond motifs is 1. The second-order valence-corrected chi connectivity index (χ2v) is 7.26. The van der Waals surface area contributed by atoms with E-state index in [1.807, 2.05) is 0 Å². The minimum Gasteiger partial charge on any atom is -0.506 e. The van der Waals surface area contributed by atoms with Gasteiger partial charge in [0.1, 0.15) is 5.75 Å².